The van der Waals surface area contributed by atoms with E-state index in [1.165, 1.54) is 25.3 Å². The second-order valence-electron chi connectivity index (χ2n) is 5.08. The smallest absolute Gasteiger partial charge is 0.250 e. The van der Waals surface area contributed by atoms with Crippen LogP contribution in [-0.4, -0.2) is 17.1 Å². The van der Waals surface area contributed by atoms with E-state index in [1.807, 2.05) is 19.1 Å². The minimum absolute atomic E-state index is 0.243. The molecule has 0 radical (unpaired) electrons. The van der Waals surface area contributed by atoms with Gasteiger partial charge in [0.05, 0.1) is 0 Å². The van der Waals surface area contributed by atoms with Gasteiger partial charge in [0.2, 0.25) is 5.91 Å². The van der Waals surface area contributed by atoms with Crippen LogP contribution >= 0.6 is 12.2 Å². The predicted molar refractivity (Wildman–Crippen MR) is 83.2 cm³/mol. The summed E-state index contributed by atoms with van der Waals surface area (Å²) in [6, 6.07) is 4.07. The maximum atomic E-state index is 11.7. The molecule has 0 saturated heterocycles. The zero-order chi connectivity index (χ0) is 14.4. The van der Waals surface area contributed by atoms with Gasteiger partial charge in [0.15, 0.2) is 5.11 Å². The number of hydrogen-bond acceptors (Lipinski definition) is 3. The number of rotatable bonds is 3. The van der Waals surface area contributed by atoms with E-state index in [1.54, 1.807) is 6.08 Å². The number of carbonyl (C=O) groups is 1. The molecular formula is C15H20N2O2S. The minimum atomic E-state index is -0.243. The Hall–Kier alpha value is -1.62. The molecule has 1 aliphatic rings. The average molecular weight is 292 g/mol. The fourth-order valence-corrected chi connectivity index (χ4v) is 2.59. The SMILES string of the molecule is Cc1ccc(/C=C/C(=O)NC(=S)NC2CCCCC2)o1. The maximum absolute atomic E-state index is 11.7. The van der Waals surface area contributed by atoms with Crippen molar-refractivity contribution in [1.29, 1.82) is 0 Å². The topological polar surface area (TPSA) is 54.3 Å². The van der Waals surface area contributed by atoms with Crippen LogP contribution in [0.4, 0.5) is 0 Å². The molecule has 5 heteroatoms. The van der Waals surface area contributed by atoms with Crippen LogP contribution in [0.1, 0.15) is 43.6 Å². The third-order valence-corrected chi connectivity index (χ3v) is 3.56. The van der Waals surface area contributed by atoms with Crippen molar-refractivity contribution in [3.8, 4) is 0 Å². The lowest BCUT2D eigenvalue weighted by atomic mass is 9.96. The first-order valence-corrected chi connectivity index (χ1v) is 7.40. The molecule has 1 aromatic heterocycles. The zero-order valence-electron chi connectivity index (χ0n) is 11.6. The van der Waals surface area contributed by atoms with Gasteiger partial charge in [0, 0.05) is 12.1 Å². The molecule has 1 heterocycles. The Bertz CT molecular complexity index is 502. The number of hydrogen-bond donors (Lipinski definition) is 2. The summed E-state index contributed by atoms with van der Waals surface area (Å²) in [6.45, 7) is 1.86. The van der Waals surface area contributed by atoms with Crippen molar-refractivity contribution >= 4 is 29.3 Å². The molecule has 4 nitrogen and oxygen atoms in total. The lowest BCUT2D eigenvalue weighted by molar-refractivity contribution is -0.115. The van der Waals surface area contributed by atoms with Gasteiger partial charge < -0.3 is 9.73 Å². The van der Waals surface area contributed by atoms with Crippen molar-refractivity contribution in [2.75, 3.05) is 0 Å². The molecule has 108 valence electrons. The molecule has 0 bridgehead atoms. The Morgan fingerprint density at radius 1 is 1.35 bits per heavy atom. The Labute approximate surface area is 124 Å². The fourth-order valence-electron chi connectivity index (χ4n) is 2.32. The lowest BCUT2D eigenvalue weighted by Gasteiger charge is -2.23. The highest BCUT2D eigenvalue weighted by Gasteiger charge is 2.14. The highest BCUT2D eigenvalue weighted by atomic mass is 32.1. The molecule has 2 N–H and O–H groups in total. The van der Waals surface area contributed by atoms with E-state index in [9.17, 15) is 4.79 Å². The van der Waals surface area contributed by atoms with E-state index in [4.69, 9.17) is 16.6 Å². The highest BCUT2D eigenvalue weighted by molar-refractivity contribution is 7.80. The van der Waals surface area contributed by atoms with Gasteiger partial charge >= 0.3 is 0 Å². The summed E-state index contributed by atoms with van der Waals surface area (Å²) in [6.07, 6.45) is 9.05. The number of amides is 1. The summed E-state index contributed by atoms with van der Waals surface area (Å²) in [5, 5.41) is 6.26. The van der Waals surface area contributed by atoms with Gasteiger partial charge in [-0.1, -0.05) is 19.3 Å². The Morgan fingerprint density at radius 2 is 2.10 bits per heavy atom. The van der Waals surface area contributed by atoms with Gasteiger partial charge in [-0.25, -0.2) is 0 Å². The quantitative estimate of drug-likeness (QED) is 0.664. The number of thiocarbonyl (C=S) groups is 1. The maximum Gasteiger partial charge on any atom is 0.250 e. The van der Waals surface area contributed by atoms with E-state index < -0.39 is 0 Å². The standard InChI is InChI=1S/C15H20N2O2S/c1-11-7-8-13(19-11)9-10-14(18)17-15(20)16-12-5-3-2-4-6-12/h7-10,12H,2-6H2,1H3,(H2,16,17,18,20)/b10-9+. The predicted octanol–water partition coefficient (Wildman–Crippen LogP) is 2.92. The second-order valence-corrected chi connectivity index (χ2v) is 5.49. The van der Waals surface area contributed by atoms with Crippen LogP contribution in [0, 0.1) is 6.92 Å². The van der Waals surface area contributed by atoms with Gasteiger partial charge in [-0.15, -0.1) is 0 Å². The van der Waals surface area contributed by atoms with Crippen molar-refractivity contribution < 1.29 is 9.21 Å². The first-order valence-electron chi connectivity index (χ1n) is 6.99. The molecule has 0 spiro atoms. The molecule has 1 amide bonds. The van der Waals surface area contributed by atoms with Gasteiger partial charge in [-0.3, -0.25) is 10.1 Å². The lowest BCUT2D eigenvalue weighted by Crippen LogP contribution is -2.44. The zero-order valence-corrected chi connectivity index (χ0v) is 12.5. The van der Waals surface area contributed by atoms with Crippen LogP contribution in [0.2, 0.25) is 0 Å². The third kappa shape index (κ3) is 4.81. The highest BCUT2D eigenvalue weighted by Crippen LogP contribution is 2.17. The van der Waals surface area contributed by atoms with Crippen LogP contribution in [0.15, 0.2) is 22.6 Å². The Balaban J connectivity index is 1.75. The summed E-state index contributed by atoms with van der Waals surface area (Å²) < 4.78 is 5.35. The van der Waals surface area contributed by atoms with E-state index in [0.717, 1.165) is 18.6 Å². The molecule has 1 aromatic rings. The van der Waals surface area contributed by atoms with E-state index >= 15 is 0 Å². The summed E-state index contributed by atoms with van der Waals surface area (Å²) in [5.74, 6) is 1.23. The molecule has 1 saturated carbocycles. The third-order valence-electron chi connectivity index (χ3n) is 3.34. The van der Waals surface area contributed by atoms with Crippen LogP contribution in [0.3, 0.4) is 0 Å². The summed E-state index contributed by atoms with van der Waals surface area (Å²) in [5.41, 5.74) is 0. The molecule has 1 aliphatic carbocycles. The van der Waals surface area contributed by atoms with Crippen LogP contribution in [0.25, 0.3) is 6.08 Å². The van der Waals surface area contributed by atoms with Gasteiger partial charge in [0.1, 0.15) is 11.5 Å². The van der Waals surface area contributed by atoms with Crippen molar-refractivity contribution in [3.05, 3.63) is 29.7 Å². The molecule has 0 aliphatic heterocycles. The average Bonchev–Trinajstić information content (AvgIpc) is 2.83. The first kappa shape index (κ1) is 14.8. The summed E-state index contributed by atoms with van der Waals surface area (Å²) >= 11 is 5.15. The molecule has 0 unspecified atom stereocenters. The number of furan rings is 1. The summed E-state index contributed by atoms with van der Waals surface area (Å²) in [4.78, 5) is 11.7. The Kier molecular flexibility index (Phi) is 5.35. The molecule has 0 atom stereocenters. The van der Waals surface area contributed by atoms with E-state index in [0.29, 0.717) is 16.9 Å². The van der Waals surface area contributed by atoms with Gasteiger partial charge in [-0.2, -0.15) is 0 Å². The van der Waals surface area contributed by atoms with Crippen molar-refractivity contribution in [2.45, 2.75) is 45.1 Å². The van der Waals surface area contributed by atoms with Gasteiger partial charge in [-0.05, 0) is 50.2 Å². The first-order chi connectivity index (χ1) is 9.63. The van der Waals surface area contributed by atoms with Crippen molar-refractivity contribution in [2.24, 2.45) is 0 Å². The number of carbonyl (C=O) groups excluding carboxylic acids is 1. The minimum Gasteiger partial charge on any atom is -0.462 e. The van der Waals surface area contributed by atoms with Gasteiger partial charge in [0.25, 0.3) is 0 Å². The second kappa shape index (κ2) is 7.24. The van der Waals surface area contributed by atoms with E-state index in [2.05, 4.69) is 10.6 Å². The number of aryl methyl sites for hydroxylation is 1. The molecule has 1 fully saturated rings. The molecule has 2 rings (SSSR count). The normalized spacial score (nSPS) is 16.2. The molecule has 20 heavy (non-hydrogen) atoms. The number of nitrogens with one attached hydrogen (secondary N) is 2. The largest absolute Gasteiger partial charge is 0.462 e. The summed E-state index contributed by atoms with van der Waals surface area (Å²) in [7, 11) is 0. The van der Waals surface area contributed by atoms with Crippen LogP contribution in [-0.2, 0) is 4.79 Å². The Morgan fingerprint density at radius 3 is 2.75 bits per heavy atom. The van der Waals surface area contributed by atoms with Crippen molar-refractivity contribution in [1.82, 2.24) is 10.6 Å². The molecule has 0 aromatic carbocycles. The van der Waals surface area contributed by atoms with Crippen molar-refractivity contribution in [3.63, 3.8) is 0 Å². The fraction of sp³-hybridized carbons (Fsp3) is 0.467. The van der Waals surface area contributed by atoms with Crippen LogP contribution < -0.4 is 10.6 Å². The van der Waals surface area contributed by atoms with Crippen LogP contribution in [0.5, 0.6) is 0 Å². The molecular weight excluding hydrogens is 272 g/mol. The van der Waals surface area contributed by atoms with E-state index in [-0.39, 0.29) is 5.91 Å². The monoisotopic (exact) mass is 292 g/mol.